The van der Waals surface area contributed by atoms with Gasteiger partial charge in [-0.15, -0.1) is 39.7 Å². The van der Waals surface area contributed by atoms with E-state index < -0.39 is 0 Å². The summed E-state index contributed by atoms with van der Waals surface area (Å²) in [5.74, 6) is 0.573. The van der Waals surface area contributed by atoms with Gasteiger partial charge in [0.05, 0.1) is 0 Å². The Morgan fingerprint density at radius 3 is 1.35 bits per heavy atom. The molecule has 0 bridgehead atoms. The van der Waals surface area contributed by atoms with E-state index in [1.54, 1.807) is 0 Å². The molecule has 6 rings (SSSR count). The minimum absolute atomic E-state index is 0. The van der Waals surface area contributed by atoms with Gasteiger partial charge in [0.1, 0.15) is 0 Å². The normalized spacial score (nSPS) is 14.2. The molecule has 1 aliphatic rings. The summed E-state index contributed by atoms with van der Waals surface area (Å²) in [7, 11) is 0. The predicted molar refractivity (Wildman–Crippen MR) is 200 cm³/mol. The van der Waals surface area contributed by atoms with Crippen LogP contribution in [-0.2, 0) is 35.1 Å². The van der Waals surface area contributed by atoms with E-state index in [1.165, 1.54) is 83.2 Å². The number of fused-ring (bicyclic) bond motifs is 3. The van der Waals surface area contributed by atoms with E-state index in [1.807, 2.05) is 0 Å². The average molecular weight is 755 g/mol. The van der Waals surface area contributed by atoms with Crippen LogP contribution in [0.4, 0.5) is 0 Å². The number of halogens is 2. The first-order valence-electron chi connectivity index (χ1n) is 16.7. The SMILES string of the molecule is CC(C)(C)c1ccc2c(c1)[cH-]c1cc(C(C)(C)C)ccc12.CCC1[C-]=CC(C(C)(C)C)=C1.[Cl-].[Cl-].[Zr+2]=[C](c1ccccc1)c1ccccc1. The number of benzene rings is 4. The first kappa shape index (κ1) is 41.7. The second-order valence-electron chi connectivity index (χ2n) is 15.6. The maximum absolute atomic E-state index is 3.35. The van der Waals surface area contributed by atoms with Crippen molar-refractivity contribution in [3.63, 3.8) is 0 Å². The third-order valence-electron chi connectivity index (χ3n) is 8.70. The number of rotatable bonds is 3. The summed E-state index contributed by atoms with van der Waals surface area (Å²) >= 11 is 1.46. The van der Waals surface area contributed by atoms with Crippen molar-refractivity contribution in [1.82, 2.24) is 0 Å². The van der Waals surface area contributed by atoms with Gasteiger partial charge in [0.15, 0.2) is 0 Å². The van der Waals surface area contributed by atoms with Crippen molar-refractivity contribution >= 4 is 24.8 Å². The third kappa shape index (κ3) is 11.0. The summed E-state index contributed by atoms with van der Waals surface area (Å²) in [5.41, 5.74) is 7.61. The quantitative estimate of drug-likeness (QED) is 0.185. The van der Waals surface area contributed by atoms with Crippen LogP contribution in [0.25, 0.3) is 21.5 Å². The van der Waals surface area contributed by atoms with E-state index in [2.05, 4.69) is 191 Å². The van der Waals surface area contributed by atoms with Gasteiger partial charge in [0.25, 0.3) is 0 Å². The van der Waals surface area contributed by atoms with E-state index in [0.717, 1.165) is 0 Å². The van der Waals surface area contributed by atoms with Crippen molar-refractivity contribution in [2.45, 2.75) is 86.5 Å². The van der Waals surface area contributed by atoms with Crippen molar-refractivity contribution in [3.8, 4) is 0 Å². The standard InChI is InChI=1S/C21H25.C13H10.C11H17.2ClH.Zr/c1-20(2,3)16-7-9-18-14(12-16)11-15-13-17(21(4,5)6)8-10-19(15)18;1-3-7-12(8-4-1)11-13-9-5-2-6-10-13;1-5-9-6-7-10(8-9)11(2,3)4;;;/h7-13H,1-6H3;1-10H;7-9H,5H2,1-4H3;2*1H;/q-1;;-1;;;+2/p-2. The molecule has 0 amide bonds. The molecule has 0 saturated carbocycles. The third-order valence-corrected chi connectivity index (χ3v) is 10.1. The minimum atomic E-state index is 0. The van der Waals surface area contributed by atoms with E-state index in [-0.39, 0.29) is 35.6 Å². The molecule has 0 aromatic heterocycles. The van der Waals surface area contributed by atoms with Crippen LogP contribution >= 0.6 is 0 Å². The van der Waals surface area contributed by atoms with Gasteiger partial charge < -0.3 is 24.8 Å². The fourth-order valence-electron chi connectivity index (χ4n) is 5.54. The summed E-state index contributed by atoms with van der Waals surface area (Å²) in [6.45, 7) is 22.6. The number of hydrogen-bond donors (Lipinski definition) is 0. The Kier molecular flexibility index (Phi) is 15.2. The van der Waals surface area contributed by atoms with Crippen LogP contribution in [-0.4, -0.2) is 3.21 Å². The molecule has 0 aliphatic heterocycles. The van der Waals surface area contributed by atoms with Crippen molar-refractivity contribution in [1.29, 1.82) is 0 Å². The second kappa shape index (κ2) is 17.5. The molecule has 0 nitrogen and oxygen atoms in total. The van der Waals surface area contributed by atoms with E-state index in [4.69, 9.17) is 0 Å². The molecule has 5 aromatic carbocycles. The molecule has 1 aliphatic carbocycles. The van der Waals surface area contributed by atoms with Gasteiger partial charge in [-0.3, -0.25) is 6.08 Å². The molecule has 0 fully saturated rings. The first-order valence-corrected chi connectivity index (χ1v) is 18.0. The summed E-state index contributed by atoms with van der Waals surface area (Å²) < 4.78 is 1.42. The number of allylic oxidation sites excluding steroid dienone is 4. The van der Waals surface area contributed by atoms with Crippen LogP contribution < -0.4 is 24.8 Å². The van der Waals surface area contributed by atoms with E-state index in [0.29, 0.717) is 11.3 Å². The fourth-order valence-corrected chi connectivity index (χ4v) is 6.36. The summed E-state index contributed by atoms with van der Waals surface area (Å²) in [6, 6.07) is 37.3. The number of hydrogen-bond acceptors (Lipinski definition) is 0. The predicted octanol–water partition coefficient (Wildman–Crippen LogP) is 6.48. The van der Waals surface area contributed by atoms with Crippen LogP contribution in [0.2, 0.25) is 0 Å². The van der Waals surface area contributed by atoms with Crippen molar-refractivity contribution in [2.75, 3.05) is 0 Å². The molecule has 3 heteroatoms. The topological polar surface area (TPSA) is 0 Å². The molecule has 0 N–H and O–H groups in total. The molecule has 0 heterocycles. The molecular formula is C45H52Cl2Zr-2. The maximum atomic E-state index is 3.35. The van der Waals surface area contributed by atoms with Crippen LogP contribution in [0.15, 0.2) is 121 Å². The Bertz CT molecular complexity index is 1710. The van der Waals surface area contributed by atoms with Gasteiger partial charge in [0, 0.05) is 0 Å². The molecule has 252 valence electrons. The summed E-state index contributed by atoms with van der Waals surface area (Å²) in [5, 5.41) is 5.48. The summed E-state index contributed by atoms with van der Waals surface area (Å²) in [4.78, 5) is 0. The fraction of sp³-hybridized carbons (Fsp3) is 0.333. The summed E-state index contributed by atoms with van der Waals surface area (Å²) in [6.07, 6.45) is 9.00. The molecule has 0 spiro atoms. The Balaban J connectivity index is 0.000000260. The Morgan fingerprint density at radius 2 is 1.04 bits per heavy atom. The van der Waals surface area contributed by atoms with Crippen LogP contribution in [0.5, 0.6) is 0 Å². The Labute approximate surface area is 318 Å². The van der Waals surface area contributed by atoms with Gasteiger partial charge in [-0.25, -0.2) is 6.08 Å². The van der Waals surface area contributed by atoms with Gasteiger partial charge >= 0.3 is 99.2 Å². The van der Waals surface area contributed by atoms with Gasteiger partial charge in [-0.05, 0) is 10.8 Å². The molecule has 5 aromatic rings. The Morgan fingerprint density at radius 1 is 0.625 bits per heavy atom. The zero-order chi connectivity index (χ0) is 33.7. The van der Waals surface area contributed by atoms with Crippen LogP contribution in [0, 0.1) is 17.4 Å². The molecule has 0 saturated heterocycles. The molecule has 1 unspecified atom stereocenters. The molecular weight excluding hydrogens is 703 g/mol. The van der Waals surface area contributed by atoms with E-state index in [9.17, 15) is 0 Å². The molecule has 1 atom stereocenters. The second-order valence-corrected chi connectivity index (χ2v) is 16.8. The van der Waals surface area contributed by atoms with Gasteiger partial charge in [0.2, 0.25) is 0 Å². The molecule has 48 heavy (non-hydrogen) atoms. The van der Waals surface area contributed by atoms with E-state index >= 15 is 0 Å². The van der Waals surface area contributed by atoms with Crippen molar-refractivity contribution in [3.05, 3.63) is 149 Å². The van der Waals surface area contributed by atoms with Gasteiger partial charge in [-0.1, -0.05) is 122 Å². The zero-order valence-corrected chi connectivity index (χ0v) is 34.5. The van der Waals surface area contributed by atoms with Gasteiger partial charge in [-0.2, -0.15) is 11.6 Å². The Hall–Kier alpha value is -2.44. The van der Waals surface area contributed by atoms with Crippen molar-refractivity contribution in [2.24, 2.45) is 11.3 Å². The van der Waals surface area contributed by atoms with Crippen LogP contribution in [0.3, 0.4) is 0 Å². The van der Waals surface area contributed by atoms with Crippen LogP contribution in [0.1, 0.15) is 97.9 Å². The zero-order valence-electron chi connectivity index (χ0n) is 30.5. The first-order chi connectivity index (χ1) is 21.6. The molecule has 0 radical (unpaired) electrons. The average Bonchev–Trinajstić information content (AvgIpc) is 3.66. The van der Waals surface area contributed by atoms with Crippen molar-refractivity contribution < 1.29 is 49.0 Å². The monoisotopic (exact) mass is 752 g/mol.